The number of para-hydroxylation sites is 1. The van der Waals surface area contributed by atoms with Crippen molar-refractivity contribution in [2.45, 2.75) is 19.4 Å². The Morgan fingerprint density at radius 3 is 2.48 bits per heavy atom. The van der Waals surface area contributed by atoms with Crippen molar-refractivity contribution in [2.75, 3.05) is 6.54 Å². The van der Waals surface area contributed by atoms with Crippen LogP contribution in [0.3, 0.4) is 0 Å². The first kappa shape index (κ1) is 15.4. The molecule has 2 aromatic rings. The highest BCUT2D eigenvalue weighted by Crippen LogP contribution is 2.11. The second-order valence-electron chi connectivity index (χ2n) is 4.74. The summed E-state index contributed by atoms with van der Waals surface area (Å²) in [6.07, 6.45) is 0.249. The molecular formula is C17H18ClNO2. The average molecular weight is 304 g/mol. The van der Waals surface area contributed by atoms with Crippen LogP contribution in [0.5, 0.6) is 5.75 Å². The second-order valence-corrected chi connectivity index (χ2v) is 5.18. The number of benzene rings is 2. The van der Waals surface area contributed by atoms with Crippen LogP contribution in [0.25, 0.3) is 0 Å². The molecule has 0 radical (unpaired) electrons. The summed E-state index contributed by atoms with van der Waals surface area (Å²) in [6, 6.07) is 16.9. The third-order valence-corrected chi connectivity index (χ3v) is 3.30. The van der Waals surface area contributed by atoms with E-state index in [4.69, 9.17) is 16.3 Å². The molecule has 0 saturated heterocycles. The number of carbonyl (C=O) groups excluding carboxylic acids is 1. The standard InChI is InChI=1S/C17H18ClNO2/c1-13(21-16-5-3-2-4-6-16)17(20)19-12-11-14-7-9-15(18)10-8-14/h2-10,13H,11-12H2,1H3,(H,19,20)/t13-/m0/s1. The van der Waals surface area contributed by atoms with E-state index in [2.05, 4.69) is 5.32 Å². The molecule has 0 aliphatic heterocycles. The van der Waals surface area contributed by atoms with Crippen LogP contribution in [-0.2, 0) is 11.2 Å². The minimum atomic E-state index is -0.516. The van der Waals surface area contributed by atoms with Gasteiger partial charge in [-0.2, -0.15) is 0 Å². The highest BCUT2D eigenvalue weighted by atomic mass is 35.5. The van der Waals surface area contributed by atoms with E-state index in [1.165, 1.54) is 0 Å². The van der Waals surface area contributed by atoms with Crippen LogP contribution in [0.2, 0.25) is 5.02 Å². The van der Waals surface area contributed by atoms with Crippen molar-refractivity contribution in [1.29, 1.82) is 0 Å². The Labute approximate surface area is 129 Å². The van der Waals surface area contributed by atoms with E-state index in [-0.39, 0.29) is 5.91 Å². The van der Waals surface area contributed by atoms with Gasteiger partial charge in [0.2, 0.25) is 0 Å². The van der Waals surface area contributed by atoms with Gasteiger partial charge >= 0.3 is 0 Å². The molecule has 21 heavy (non-hydrogen) atoms. The molecule has 0 fully saturated rings. The van der Waals surface area contributed by atoms with Gasteiger partial charge in [0.1, 0.15) is 5.75 Å². The van der Waals surface area contributed by atoms with E-state index in [0.29, 0.717) is 17.3 Å². The zero-order chi connectivity index (χ0) is 15.1. The van der Waals surface area contributed by atoms with Crippen molar-refractivity contribution >= 4 is 17.5 Å². The first-order valence-electron chi connectivity index (χ1n) is 6.89. The van der Waals surface area contributed by atoms with Crippen LogP contribution in [0, 0.1) is 0 Å². The second kappa shape index (κ2) is 7.70. The van der Waals surface area contributed by atoms with Crippen LogP contribution >= 0.6 is 11.6 Å². The number of nitrogens with one attached hydrogen (secondary N) is 1. The van der Waals surface area contributed by atoms with E-state index in [1.807, 2.05) is 54.6 Å². The lowest BCUT2D eigenvalue weighted by Crippen LogP contribution is -2.37. The summed E-state index contributed by atoms with van der Waals surface area (Å²) in [5.74, 6) is 0.575. The number of carbonyl (C=O) groups is 1. The zero-order valence-corrected chi connectivity index (χ0v) is 12.6. The van der Waals surface area contributed by atoms with Crippen LogP contribution in [-0.4, -0.2) is 18.6 Å². The van der Waals surface area contributed by atoms with Crippen molar-refractivity contribution in [1.82, 2.24) is 5.32 Å². The quantitative estimate of drug-likeness (QED) is 0.887. The summed E-state index contributed by atoms with van der Waals surface area (Å²) in [5.41, 5.74) is 1.14. The number of hydrogen-bond acceptors (Lipinski definition) is 2. The minimum absolute atomic E-state index is 0.118. The van der Waals surface area contributed by atoms with Gasteiger partial charge in [0, 0.05) is 11.6 Å². The third-order valence-electron chi connectivity index (χ3n) is 3.05. The van der Waals surface area contributed by atoms with Gasteiger partial charge in [0.05, 0.1) is 0 Å². The molecule has 0 aliphatic carbocycles. The van der Waals surface area contributed by atoms with Gasteiger partial charge < -0.3 is 10.1 Å². The van der Waals surface area contributed by atoms with E-state index in [1.54, 1.807) is 6.92 Å². The fourth-order valence-corrected chi connectivity index (χ4v) is 2.01. The lowest BCUT2D eigenvalue weighted by Gasteiger charge is -2.14. The molecule has 0 heterocycles. The molecule has 1 N–H and O–H groups in total. The fourth-order valence-electron chi connectivity index (χ4n) is 1.88. The predicted molar refractivity (Wildman–Crippen MR) is 84.7 cm³/mol. The van der Waals surface area contributed by atoms with Gasteiger partial charge in [-0.05, 0) is 43.2 Å². The van der Waals surface area contributed by atoms with Crippen molar-refractivity contribution < 1.29 is 9.53 Å². The van der Waals surface area contributed by atoms with E-state index < -0.39 is 6.10 Å². The van der Waals surface area contributed by atoms with Crippen molar-refractivity contribution in [3.05, 3.63) is 65.2 Å². The molecule has 2 rings (SSSR count). The molecule has 1 atom stereocenters. The SMILES string of the molecule is C[C@H](Oc1ccccc1)C(=O)NCCc1ccc(Cl)cc1. The average Bonchev–Trinajstić information content (AvgIpc) is 2.50. The van der Waals surface area contributed by atoms with E-state index >= 15 is 0 Å². The molecule has 0 spiro atoms. The van der Waals surface area contributed by atoms with Gasteiger partial charge in [0.15, 0.2) is 6.10 Å². The summed E-state index contributed by atoms with van der Waals surface area (Å²) >= 11 is 5.83. The molecule has 2 aromatic carbocycles. The Kier molecular flexibility index (Phi) is 5.64. The van der Waals surface area contributed by atoms with E-state index in [0.717, 1.165) is 12.0 Å². The molecule has 0 unspecified atom stereocenters. The Morgan fingerprint density at radius 1 is 1.14 bits per heavy atom. The van der Waals surface area contributed by atoms with E-state index in [9.17, 15) is 4.79 Å². The molecule has 0 saturated carbocycles. The molecule has 0 aromatic heterocycles. The molecule has 0 bridgehead atoms. The van der Waals surface area contributed by atoms with Crippen LogP contribution in [0.4, 0.5) is 0 Å². The summed E-state index contributed by atoms with van der Waals surface area (Å²) < 4.78 is 5.57. The zero-order valence-electron chi connectivity index (χ0n) is 11.9. The fraction of sp³-hybridized carbons (Fsp3) is 0.235. The van der Waals surface area contributed by atoms with Crippen LogP contribution in [0.15, 0.2) is 54.6 Å². The Balaban J connectivity index is 1.75. The maximum atomic E-state index is 11.9. The molecular weight excluding hydrogens is 286 g/mol. The van der Waals surface area contributed by atoms with Gasteiger partial charge in [-0.25, -0.2) is 0 Å². The Morgan fingerprint density at radius 2 is 1.81 bits per heavy atom. The predicted octanol–water partition coefficient (Wildman–Crippen LogP) is 3.47. The molecule has 1 amide bonds. The maximum absolute atomic E-state index is 11.9. The third kappa shape index (κ3) is 5.12. The lowest BCUT2D eigenvalue weighted by atomic mass is 10.1. The number of rotatable bonds is 6. The lowest BCUT2D eigenvalue weighted by molar-refractivity contribution is -0.127. The highest BCUT2D eigenvalue weighted by molar-refractivity contribution is 6.30. The van der Waals surface area contributed by atoms with Gasteiger partial charge in [-0.1, -0.05) is 41.9 Å². The van der Waals surface area contributed by atoms with Crippen molar-refractivity contribution in [2.24, 2.45) is 0 Å². The van der Waals surface area contributed by atoms with Gasteiger partial charge in [-0.15, -0.1) is 0 Å². The molecule has 110 valence electrons. The molecule has 0 aliphatic rings. The summed E-state index contributed by atoms with van der Waals surface area (Å²) in [6.45, 7) is 2.31. The Bertz CT molecular complexity index is 569. The van der Waals surface area contributed by atoms with Crippen LogP contribution < -0.4 is 10.1 Å². The summed E-state index contributed by atoms with van der Waals surface area (Å²) in [5, 5.41) is 3.58. The summed E-state index contributed by atoms with van der Waals surface area (Å²) in [4.78, 5) is 11.9. The van der Waals surface area contributed by atoms with Crippen LogP contribution in [0.1, 0.15) is 12.5 Å². The first-order chi connectivity index (χ1) is 10.1. The Hall–Kier alpha value is -2.00. The molecule has 3 nitrogen and oxygen atoms in total. The van der Waals surface area contributed by atoms with Crippen molar-refractivity contribution in [3.63, 3.8) is 0 Å². The van der Waals surface area contributed by atoms with Gasteiger partial charge in [0.25, 0.3) is 5.91 Å². The number of hydrogen-bond donors (Lipinski definition) is 1. The monoisotopic (exact) mass is 303 g/mol. The smallest absolute Gasteiger partial charge is 0.260 e. The van der Waals surface area contributed by atoms with Crippen molar-refractivity contribution in [3.8, 4) is 5.75 Å². The maximum Gasteiger partial charge on any atom is 0.260 e. The topological polar surface area (TPSA) is 38.3 Å². The largest absolute Gasteiger partial charge is 0.481 e. The molecule has 4 heteroatoms. The number of halogens is 1. The normalized spacial score (nSPS) is 11.7. The van der Waals surface area contributed by atoms with Gasteiger partial charge in [-0.3, -0.25) is 4.79 Å². The first-order valence-corrected chi connectivity index (χ1v) is 7.27. The highest BCUT2D eigenvalue weighted by Gasteiger charge is 2.13. The minimum Gasteiger partial charge on any atom is -0.481 e. The number of ether oxygens (including phenoxy) is 1. The summed E-state index contributed by atoms with van der Waals surface area (Å²) in [7, 11) is 0. The number of amides is 1.